The number of pyridine rings is 1. The molecule has 1 aliphatic carbocycles. The number of rotatable bonds is 4. The van der Waals surface area contributed by atoms with Gasteiger partial charge in [0.25, 0.3) is 0 Å². The molecule has 16 heavy (non-hydrogen) atoms. The summed E-state index contributed by atoms with van der Waals surface area (Å²) in [5, 5.41) is 0. The van der Waals surface area contributed by atoms with Crippen molar-refractivity contribution in [3.63, 3.8) is 0 Å². The summed E-state index contributed by atoms with van der Waals surface area (Å²) in [7, 11) is -3.55. The second-order valence-corrected chi connectivity index (χ2v) is 5.41. The van der Waals surface area contributed by atoms with Gasteiger partial charge in [0.1, 0.15) is 11.4 Å². The first-order chi connectivity index (χ1) is 7.46. The van der Waals surface area contributed by atoms with Crippen molar-refractivity contribution < 1.29 is 17.5 Å². The maximum atomic E-state index is 13.3. The van der Waals surface area contributed by atoms with Gasteiger partial charge in [-0.05, 0) is 12.8 Å². The van der Waals surface area contributed by atoms with Gasteiger partial charge < -0.3 is 4.74 Å². The Balaban J connectivity index is 2.31. The highest BCUT2D eigenvalue weighted by atomic mass is 32.2. The van der Waals surface area contributed by atoms with Crippen molar-refractivity contribution in [1.29, 1.82) is 0 Å². The van der Waals surface area contributed by atoms with E-state index in [0.717, 1.165) is 19.1 Å². The summed E-state index contributed by atoms with van der Waals surface area (Å²) >= 11 is 0. The molecule has 0 atom stereocenters. The topological polar surface area (TPSA) is 68.3 Å². The fourth-order valence-electron chi connectivity index (χ4n) is 1.16. The second-order valence-electron chi connectivity index (χ2n) is 3.67. The number of aromatic nitrogens is 1. The molecule has 2 rings (SSSR count). The molecular weight excluding hydrogens is 235 g/mol. The van der Waals surface area contributed by atoms with Gasteiger partial charge in [-0.1, -0.05) is 0 Å². The van der Waals surface area contributed by atoms with Gasteiger partial charge in [-0.15, -0.1) is 0 Å². The SMILES string of the molecule is CS(=O)(=O)Nc1c(OC2CC2)ccnc1F. The van der Waals surface area contributed by atoms with Gasteiger partial charge in [-0.25, -0.2) is 13.4 Å². The molecule has 1 aromatic rings. The Morgan fingerprint density at radius 1 is 1.56 bits per heavy atom. The van der Waals surface area contributed by atoms with Gasteiger partial charge in [-0.2, -0.15) is 4.39 Å². The van der Waals surface area contributed by atoms with Crippen molar-refractivity contribution in [1.82, 2.24) is 4.98 Å². The molecule has 88 valence electrons. The average Bonchev–Trinajstić information content (AvgIpc) is 2.93. The van der Waals surface area contributed by atoms with Crippen molar-refractivity contribution in [3.8, 4) is 5.75 Å². The normalized spacial score (nSPS) is 15.9. The predicted molar refractivity (Wildman–Crippen MR) is 56.3 cm³/mol. The molecule has 0 unspecified atom stereocenters. The van der Waals surface area contributed by atoms with E-state index in [2.05, 4.69) is 9.71 Å². The number of ether oxygens (including phenoxy) is 1. The lowest BCUT2D eigenvalue weighted by molar-refractivity contribution is 0.303. The van der Waals surface area contributed by atoms with Gasteiger partial charge in [-0.3, -0.25) is 4.72 Å². The van der Waals surface area contributed by atoms with Crippen molar-refractivity contribution >= 4 is 15.7 Å². The van der Waals surface area contributed by atoms with E-state index in [0.29, 0.717) is 0 Å². The highest BCUT2D eigenvalue weighted by Crippen LogP contribution is 2.33. The zero-order valence-electron chi connectivity index (χ0n) is 8.60. The van der Waals surface area contributed by atoms with E-state index in [-0.39, 0.29) is 17.5 Å². The Hall–Kier alpha value is -1.37. The zero-order chi connectivity index (χ0) is 11.8. The molecular formula is C9H11FN2O3S. The summed E-state index contributed by atoms with van der Waals surface area (Å²) in [4.78, 5) is 3.38. The smallest absolute Gasteiger partial charge is 0.241 e. The third-order valence-electron chi connectivity index (χ3n) is 1.97. The molecule has 1 saturated carbocycles. The van der Waals surface area contributed by atoms with E-state index in [1.54, 1.807) is 0 Å². The Kier molecular flexibility index (Phi) is 2.71. The molecule has 1 fully saturated rings. The van der Waals surface area contributed by atoms with Crippen molar-refractivity contribution in [3.05, 3.63) is 18.2 Å². The number of hydrogen-bond acceptors (Lipinski definition) is 4. The third kappa shape index (κ3) is 2.82. The molecule has 5 nitrogen and oxygen atoms in total. The van der Waals surface area contributed by atoms with Crippen LogP contribution >= 0.6 is 0 Å². The Morgan fingerprint density at radius 3 is 2.81 bits per heavy atom. The maximum Gasteiger partial charge on any atom is 0.241 e. The van der Waals surface area contributed by atoms with Gasteiger partial charge in [0.15, 0.2) is 0 Å². The molecule has 1 heterocycles. The van der Waals surface area contributed by atoms with Crippen LogP contribution in [0.1, 0.15) is 12.8 Å². The lowest BCUT2D eigenvalue weighted by atomic mass is 10.4. The summed E-state index contributed by atoms with van der Waals surface area (Å²) in [6.45, 7) is 0. The van der Waals surface area contributed by atoms with Crippen molar-refractivity contribution in [2.75, 3.05) is 11.0 Å². The lowest BCUT2D eigenvalue weighted by Gasteiger charge is -2.11. The predicted octanol–water partition coefficient (Wildman–Crippen LogP) is 1.13. The number of nitrogens with one attached hydrogen (secondary N) is 1. The molecule has 1 aliphatic rings. The first-order valence-electron chi connectivity index (χ1n) is 4.74. The molecule has 0 spiro atoms. The van der Waals surface area contributed by atoms with Crippen LogP contribution in [0.5, 0.6) is 5.75 Å². The van der Waals surface area contributed by atoms with Crippen LogP contribution in [0.3, 0.4) is 0 Å². The summed E-state index contributed by atoms with van der Waals surface area (Å²) in [5.74, 6) is -0.705. The fourth-order valence-corrected chi connectivity index (χ4v) is 1.72. The van der Waals surface area contributed by atoms with Crippen molar-refractivity contribution in [2.24, 2.45) is 0 Å². The summed E-state index contributed by atoms with van der Waals surface area (Å²) in [5.41, 5.74) is -0.225. The summed E-state index contributed by atoms with van der Waals surface area (Å²) < 4.78 is 42.9. The van der Waals surface area contributed by atoms with Crippen LogP contribution in [-0.2, 0) is 10.0 Å². The van der Waals surface area contributed by atoms with Gasteiger partial charge >= 0.3 is 0 Å². The molecule has 0 aliphatic heterocycles. The minimum atomic E-state index is -3.55. The Morgan fingerprint density at radius 2 is 2.25 bits per heavy atom. The lowest BCUT2D eigenvalue weighted by Crippen LogP contribution is -2.13. The monoisotopic (exact) mass is 246 g/mol. The van der Waals surface area contributed by atoms with Gasteiger partial charge in [0, 0.05) is 12.3 Å². The molecule has 1 aromatic heterocycles. The van der Waals surface area contributed by atoms with Crippen LogP contribution in [0, 0.1) is 5.95 Å². The number of nitrogens with zero attached hydrogens (tertiary/aromatic N) is 1. The van der Waals surface area contributed by atoms with Crippen LogP contribution < -0.4 is 9.46 Å². The average molecular weight is 246 g/mol. The van der Waals surface area contributed by atoms with Gasteiger partial charge in [0.2, 0.25) is 16.0 Å². The number of anilines is 1. The maximum absolute atomic E-state index is 13.3. The molecule has 1 N–H and O–H groups in total. The second kappa shape index (κ2) is 3.89. The minimum absolute atomic E-state index is 0.0573. The van der Waals surface area contributed by atoms with Crippen LogP contribution in [0.25, 0.3) is 0 Å². The molecule has 0 amide bonds. The highest BCUT2D eigenvalue weighted by molar-refractivity contribution is 7.92. The number of sulfonamides is 1. The summed E-state index contributed by atoms with van der Waals surface area (Å²) in [6, 6.07) is 1.44. The Labute approximate surface area is 92.7 Å². The first kappa shape index (κ1) is 11.1. The molecule has 0 aromatic carbocycles. The molecule has 7 heteroatoms. The highest BCUT2D eigenvalue weighted by Gasteiger charge is 2.26. The zero-order valence-corrected chi connectivity index (χ0v) is 9.42. The van der Waals surface area contributed by atoms with Crippen LogP contribution in [0.15, 0.2) is 12.3 Å². The van der Waals surface area contributed by atoms with Gasteiger partial charge in [0.05, 0.1) is 12.4 Å². The van der Waals surface area contributed by atoms with Crippen LogP contribution in [-0.4, -0.2) is 25.8 Å². The number of halogens is 1. The largest absolute Gasteiger partial charge is 0.488 e. The number of hydrogen-bond donors (Lipinski definition) is 1. The quantitative estimate of drug-likeness (QED) is 0.809. The van der Waals surface area contributed by atoms with Crippen LogP contribution in [0.4, 0.5) is 10.1 Å². The fraction of sp³-hybridized carbons (Fsp3) is 0.444. The molecule has 0 saturated heterocycles. The molecule has 0 bridgehead atoms. The first-order valence-corrected chi connectivity index (χ1v) is 6.64. The van der Waals surface area contributed by atoms with E-state index < -0.39 is 16.0 Å². The van der Waals surface area contributed by atoms with E-state index >= 15 is 0 Å². The third-order valence-corrected chi connectivity index (χ3v) is 2.55. The molecule has 0 radical (unpaired) electrons. The van der Waals surface area contributed by atoms with Crippen LogP contribution in [0.2, 0.25) is 0 Å². The Bertz CT molecular complexity index is 499. The van der Waals surface area contributed by atoms with E-state index in [4.69, 9.17) is 4.74 Å². The van der Waals surface area contributed by atoms with E-state index in [9.17, 15) is 12.8 Å². The van der Waals surface area contributed by atoms with E-state index in [1.165, 1.54) is 12.3 Å². The summed E-state index contributed by atoms with van der Waals surface area (Å²) in [6.07, 6.45) is 4.05. The minimum Gasteiger partial charge on any atom is -0.488 e. The standard InChI is InChI=1S/C9H11FN2O3S/c1-16(13,14)12-8-7(15-6-2-3-6)4-5-11-9(8)10/h4-6,12H,2-3H2,1H3. The van der Waals surface area contributed by atoms with Crippen molar-refractivity contribution in [2.45, 2.75) is 18.9 Å². The van der Waals surface area contributed by atoms with E-state index in [1.807, 2.05) is 0 Å².